The Bertz CT molecular complexity index is 1320. The van der Waals surface area contributed by atoms with Gasteiger partial charge in [0.1, 0.15) is 11.2 Å². The molecule has 37 heavy (non-hydrogen) atoms. The van der Waals surface area contributed by atoms with Gasteiger partial charge in [-0.1, -0.05) is 0 Å². The van der Waals surface area contributed by atoms with Crippen LogP contribution in [-0.2, 0) is 14.8 Å². The summed E-state index contributed by atoms with van der Waals surface area (Å²) >= 11 is 0. The van der Waals surface area contributed by atoms with Gasteiger partial charge in [0.15, 0.2) is 5.82 Å². The van der Waals surface area contributed by atoms with Gasteiger partial charge in [-0.2, -0.15) is 10.2 Å². The molecule has 4 saturated carbocycles. The summed E-state index contributed by atoms with van der Waals surface area (Å²) in [5.74, 6) is 1.06. The quantitative estimate of drug-likeness (QED) is 0.466. The molecule has 13 heteroatoms. The molecule has 2 heterocycles. The SMILES string of the molecule is CC(C)(/C=C/n1ncc(C(=O)NC2C3CC4CC2CC(OC(N)=O)(C4)C3)c1-n1cccn1)NS(C)(=O)=O. The minimum absolute atomic E-state index is 0.0316. The first-order chi connectivity index (χ1) is 17.3. The van der Waals surface area contributed by atoms with Gasteiger partial charge in [0.25, 0.3) is 5.91 Å². The largest absolute Gasteiger partial charge is 0.443 e. The van der Waals surface area contributed by atoms with E-state index in [9.17, 15) is 18.0 Å². The van der Waals surface area contributed by atoms with Gasteiger partial charge in [0.05, 0.1) is 12.5 Å². The second kappa shape index (κ2) is 8.98. The third-order valence-corrected chi connectivity index (χ3v) is 8.54. The van der Waals surface area contributed by atoms with E-state index in [4.69, 9.17) is 10.5 Å². The van der Waals surface area contributed by atoms with E-state index in [1.165, 1.54) is 10.9 Å². The van der Waals surface area contributed by atoms with E-state index in [0.29, 0.717) is 30.1 Å². The number of hydrogen-bond acceptors (Lipinski definition) is 7. The van der Waals surface area contributed by atoms with E-state index in [-0.39, 0.29) is 23.8 Å². The molecule has 0 spiro atoms. The second-order valence-electron chi connectivity index (χ2n) is 11.3. The van der Waals surface area contributed by atoms with Crippen LogP contribution in [-0.4, -0.2) is 63.4 Å². The number of rotatable bonds is 8. The molecule has 0 aromatic carbocycles. The lowest BCUT2D eigenvalue weighted by Gasteiger charge is -2.58. The van der Waals surface area contributed by atoms with Crippen LogP contribution in [0.2, 0.25) is 0 Å². The molecule has 0 radical (unpaired) electrons. The van der Waals surface area contributed by atoms with E-state index < -0.39 is 27.3 Å². The molecule has 6 rings (SSSR count). The second-order valence-corrected chi connectivity index (χ2v) is 13.0. The van der Waals surface area contributed by atoms with Gasteiger partial charge in [-0.15, -0.1) is 0 Å². The highest BCUT2D eigenvalue weighted by Gasteiger charge is 2.57. The lowest BCUT2D eigenvalue weighted by Crippen LogP contribution is -2.63. The first kappa shape index (κ1) is 25.5. The normalized spacial score (nSPS) is 29.1. The van der Waals surface area contributed by atoms with Gasteiger partial charge < -0.3 is 15.8 Å². The van der Waals surface area contributed by atoms with Crippen molar-refractivity contribution in [1.82, 2.24) is 29.6 Å². The average Bonchev–Trinajstić information content (AvgIpc) is 3.41. The van der Waals surface area contributed by atoms with Crippen molar-refractivity contribution >= 4 is 28.2 Å². The molecule has 2 atom stereocenters. The van der Waals surface area contributed by atoms with E-state index in [1.807, 2.05) is 0 Å². The summed E-state index contributed by atoms with van der Waals surface area (Å²) in [6.45, 7) is 3.44. The lowest BCUT2D eigenvalue weighted by molar-refractivity contribution is -0.137. The van der Waals surface area contributed by atoms with Crippen LogP contribution in [0.4, 0.5) is 4.79 Å². The van der Waals surface area contributed by atoms with E-state index in [2.05, 4.69) is 20.2 Å². The summed E-state index contributed by atoms with van der Waals surface area (Å²) in [7, 11) is -3.43. The van der Waals surface area contributed by atoms with Crippen LogP contribution < -0.4 is 15.8 Å². The summed E-state index contributed by atoms with van der Waals surface area (Å²) in [4.78, 5) is 25.1. The molecule has 4 bridgehead atoms. The number of hydrogen-bond donors (Lipinski definition) is 3. The van der Waals surface area contributed by atoms with Crippen LogP contribution in [0.25, 0.3) is 12.0 Å². The first-order valence-electron chi connectivity index (χ1n) is 12.4. The van der Waals surface area contributed by atoms with Gasteiger partial charge in [-0.25, -0.2) is 27.3 Å². The number of nitrogens with zero attached hydrogens (tertiary/aromatic N) is 4. The van der Waals surface area contributed by atoms with Crippen molar-refractivity contribution in [3.05, 3.63) is 36.3 Å². The molecular weight excluding hydrogens is 498 g/mol. The van der Waals surface area contributed by atoms with Crippen molar-refractivity contribution < 1.29 is 22.7 Å². The molecule has 2 aromatic heterocycles. The maximum atomic E-state index is 13.6. The Labute approximate surface area is 215 Å². The van der Waals surface area contributed by atoms with Gasteiger partial charge in [-0.05, 0) is 75.8 Å². The predicted molar refractivity (Wildman–Crippen MR) is 135 cm³/mol. The fraction of sp³-hybridized carbons (Fsp3) is 0.583. The topological polar surface area (TPSA) is 163 Å². The van der Waals surface area contributed by atoms with Crippen molar-refractivity contribution in [2.75, 3.05) is 6.26 Å². The number of amides is 2. The molecule has 0 aliphatic heterocycles. The maximum absolute atomic E-state index is 13.6. The van der Waals surface area contributed by atoms with Crippen LogP contribution in [0.1, 0.15) is 56.3 Å². The average molecular weight is 532 g/mol. The van der Waals surface area contributed by atoms with Gasteiger partial charge in [0.2, 0.25) is 10.0 Å². The number of nitrogens with two attached hydrogens (primary N) is 1. The lowest BCUT2D eigenvalue weighted by atomic mass is 9.52. The van der Waals surface area contributed by atoms with E-state index in [1.54, 1.807) is 49.3 Å². The van der Waals surface area contributed by atoms with Crippen LogP contribution >= 0.6 is 0 Å². The van der Waals surface area contributed by atoms with E-state index >= 15 is 0 Å². The summed E-state index contributed by atoms with van der Waals surface area (Å²) < 4.78 is 34.6. The Hall–Kier alpha value is -3.19. The van der Waals surface area contributed by atoms with Crippen LogP contribution in [0.15, 0.2) is 30.7 Å². The smallest absolute Gasteiger partial charge is 0.405 e. The molecule has 0 saturated heterocycles. The Morgan fingerprint density at radius 2 is 1.92 bits per heavy atom. The number of ether oxygens (including phenoxy) is 1. The van der Waals surface area contributed by atoms with Crippen molar-refractivity contribution in [3.63, 3.8) is 0 Å². The Kier molecular flexibility index (Phi) is 6.18. The molecule has 4 fully saturated rings. The van der Waals surface area contributed by atoms with Crippen molar-refractivity contribution in [2.45, 2.75) is 63.1 Å². The third-order valence-electron chi connectivity index (χ3n) is 7.65. The van der Waals surface area contributed by atoms with Crippen molar-refractivity contribution in [3.8, 4) is 5.82 Å². The number of nitrogens with one attached hydrogen (secondary N) is 2. The Morgan fingerprint density at radius 1 is 1.22 bits per heavy atom. The van der Waals surface area contributed by atoms with Gasteiger partial charge in [-0.3, -0.25) is 4.79 Å². The zero-order chi connectivity index (χ0) is 26.6. The Morgan fingerprint density at radius 3 is 2.51 bits per heavy atom. The molecular formula is C24H33N7O5S. The number of primary amides is 1. The first-order valence-corrected chi connectivity index (χ1v) is 14.3. The molecule has 4 aliphatic rings. The molecule has 12 nitrogen and oxygen atoms in total. The number of carbonyl (C=O) groups excluding carboxylic acids is 2. The maximum Gasteiger partial charge on any atom is 0.405 e. The monoisotopic (exact) mass is 531 g/mol. The molecule has 2 unspecified atom stereocenters. The highest BCUT2D eigenvalue weighted by Crippen LogP contribution is 2.57. The summed E-state index contributed by atoms with van der Waals surface area (Å²) in [5, 5.41) is 11.9. The number of aromatic nitrogens is 4. The van der Waals surface area contributed by atoms with Crippen LogP contribution in [0.5, 0.6) is 0 Å². The fourth-order valence-electron chi connectivity index (χ4n) is 6.77. The number of sulfonamides is 1. The minimum atomic E-state index is -3.43. The van der Waals surface area contributed by atoms with Crippen molar-refractivity contribution in [1.29, 1.82) is 0 Å². The predicted octanol–water partition coefficient (Wildman–Crippen LogP) is 1.64. The van der Waals surface area contributed by atoms with Crippen LogP contribution in [0, 0.1) is 17.8 Å². The zero-order valence-corrected chi connectivity index (χ0v) is 21.9. The highest BCUT2D eigenvalue weighted by atomic mass is 32.2. The zero-order valence-electron chi connectivity index (χ0n) is 21.1. The molecule has 200 valence electrons. The standard InChI is InChI=1S/C24H33N7O5S/c1-23(2,29-37(3,34)35)5-8-31-21(30-7-4-6-26-30)18(14-27-31)20(32)28-19-16-9-15-10-17(19)13-24(11-15,12-16)36-22(25)33/h4-8,14-17,19,29H,9-13H2,1-3H3,(H2,25,33)(H,28,32)/b8-5+. The summed E-state index contributed by atoms with van der Waals surface area (Å²) in [6.07, 6.45) is 12.7. The Balaban J connectivity index is 1.39. The van der Waals surface area contributed by atoms with Crippen molar-refractivity contribution in [2.24, 2.45) is 23.5 Å². The van der Waals surface area contributed by atoms with Gasteiger partial charge in [0, 0.05) is 30.2 Å². The summed E-state index contributed by atoms with van der Waals surface area (Å²) in [6, 6.07) is 1.71. The molecule has 4 N–H and O–H groups in total. The minimum Gasteiger partial charge on any atom is -0.443 e. The molecule has 2 aromatic rings. The highest BCUT2D eigenvalue weighted by molar-refractivity contribution is 7.88. The van der Waals surface area contributed by atoms with Crippen LogP contribution in [0.3, 0.4) is 0 Å². The summed E-state index contributed by atoms with van der Waals surface area (Å²) in [5.41, 5.74) is 4.32. The van der Waals surface area contributed by atoms with Gasteiger partial charge >= 0.3 is 6.09 Å². The van der Waals surface area contributed by atoms with E-state index in [0.717, 1.165) is 25.5 Å². The molecule has 2 amide bonds. The molecule has 4 aliphatic carbocycles. The fourth-order valence-corrected chi connectivity index (χ4v) is 7.79. The number of carbonyl (C=O) groups is 2. The third kappa shape index (κ3) is 5.28.